The van der Waals surface area contributed by atoms with Crippen LogP contribution in [0.5, 0.6) is 11.5 Å². The molecule has 13 heteroatoms. The minimum atomic E-state index is -5.15. The van der Waals surface area contributed by atoms with Crippen molar-refractivity contribution in [2.45, 2.75) is 12.4 Å². The fourth-order valence-corrected chi connectivity index (χ4v) is 2.42. The number of nitrogens with zero attached hydrogens (tertiary/aromatic N) is 3. The third kappa shape index (κ3) is 4.47. The van der Waals surface area contributed by atoms with Crippen LogP contribution in [0, 0.1) is 0 Å². The maximum Gasteiger partial charge on any atom is 0.437 e. The standard InChI is InChI=1S/C16H7ClF6N4O2/c17-9-2-1-7(5-8(9)15(18,19)20)29-11-12(16(21,22)23)26-13(27-14(11)28)10-6-24-3-4-25-10/h1-6H,(H,26,27,28). The van der Waals surface area contributed by atoms with Crippen LogP contribution in [0.15, 0.2) is 41.6 Å². The maximum atomic E-state index is 13.4. The number of nitrogens with one attached hydrogen (secondary N) is 1. The fourth-order valence-electron chi connectivity index (χ4n) is 2.19. The molecule has 0 aliphatic heterocycles. The first-order valence-corrected chi connectivity index (χ1v) is 7.87. The Morgan fingerprint density at radius 2 is 1.76 bits per heavy atom. The number of hydrogen-bond donors (Lipinski definition) is 1. The Kier molecular flexibility index (Phi) is 5.22. The van der Waals surface area contributed by atoms with Gasteiger partial charge in [-0.3, -0.25) is 9.78 Å². The number of benzene rings is 1. The minimum absolute atomic E-state index is 0.160. The van der Waals surface area contributed by atoms with E-state index in [1.807, 2.05) is 4.98 Å². The van der Waals surface area contributed by atoms with Crippen LogP contribution in [0.2, 0.25) is 5.02 Å². The van der Waals surface area contributed by atoms with Gasteiger partial charge in [-0.1, -0.05) is 11.6 Å². The molecule has 3 rings (SSSR count). The Morgan fingerprint density at radius 1 is 1.03 bits per heavy atom. The van der Waals surface area contributed by atoms with E-state index in [4.69, 9.17) is 16.3 Å². The van der Waals surface area contributed by atoms with Gasteiger partial charge in [0.15, 0.2) is 11.5 Å². The monoisotopic (exact) mass is 436 g/mol. The highest BCUT2D eigenvalue weighted by Crippen LogP contribution is 2.39. The Bertz CT molecular complexity index is 1100. The number of aromatic amines is 1. The molecule has 0 bridgehead atoms. The molecule has 2 heterocycles. The quantitative estimate of drug-likeness (QED) is 0.601. The molecule has 2 aromatic heterocycles. The van der Waals surface area contributed by atoms with Crippen LogP contribution in [-0.2, 0) is 12.4 Å². The van der Waals surface area contributed by atoms with E-state index in [0.717, 1.165) is 18.3 Å². The van der Waals surface area contributed by atoms with Crippen molar-refractivity contribution < 1.29 is 31.1 Å². The summed E-state index contributed by atoms with van der Waals surface area (Å²) in [6, 6.07) is 2.04. The van der Waals surface area contributed by atoms with Crippen molar-refractivity contribution in [1.29, 1.82) is 0 Å². The lowest BCUT2D eigenvalue weighted by Crippen LogP contribution is -2.21. The van der Waals surface area contributed by atoms with E-state index in [1.54, 1.807) is 0 Å². The van der Waals surface area contributed by atoms with Gasteiger partial charge in [0.25, 0.3) is 5.56 Å². The SMILES string of the molecule is O=c1[nH]c(-c2cnccn2)nc(C(F)(F)F)c1Oc1ccc(Cl)c(C(F)(F)F)c1. The predicted octanol–water partition coefficient (Wildman–Crippen LogP) is 4.71. The number of halogens is 7. The predicted molar refractivity (Wildman–Crippen MR) is 87.4 cm³/mol. The zero-order valence-electron chi connectivity index (χ0n) is 13.8. The summed E-state index contributed by atoms with van der Waals surface area (Å²) in [5.74, 6) is -2.57. The van der Waals surface area contributed by atoms with Gasteiger partial charge < -0.3 is 9.72 Å². The molecule has 0 aliphatic rings. The lowest BCUT2D eigenvalue weighted by atomic mass is 10.2. The van der Waals surface area contributed by atoms with Gasteiger partial charge in [0.2, 0.25) is 5.75 Å². The summed E-state index contributed by atoms with van der Waals surface area (Å²) >= 11 is 5.46. The van der Waals surface area contributed by atoms with Gasteiger partial charge in [-0.15, -0.1) is 0 Å². The lowest BCUT2D eigenvalue weighted by Gasteiger charge is -2.15. The highest BCUT2D eigenvalue weighted by molar-refractivity contribution is 6.31. The van der Waals surface area contributed by atoms with Crippen LogP contribution < -0.4 is 10.3 Å². The summed E-state index contributed by atoms with van der Waals surface area (Å²) in [5.41, 5.74) is -4.62. The molecule has 6 nitrogen and oxygen atoms in total. The molecule has 0 unspecified atom stereocenters. The van der Waals surface area contributed by atoms with Gasteiger partial charge in [0.1, 0.15) is 11.4 Å². The Hall–Kier alpha value is -3.15. The van der Waals surface area contributed by atoms with Crippen LogP contribution in [0.4, 0.5) is 26.3 Å². The molecule has 1 N–H and O–H groups in total. The van der Waals surface area contributed by atoms with E-state index in [2.05, 4.69) is 15.0 Å². The molecular weight excluding hydrogens is 430 g/mol. The van der Waals surface area contributed by atoms with Gasteiger partial charge in [-0.2, -0.15) is 26.3 Å². The molecule has 0 saturated carbocycles. The van der Waals surface area contributed by atoms with Crippen molar-refractivity contribution in [2.24, 2.45) is 0 Å². The largest absolute Gasteiger partial charge is 0.449 e. The zero-order valence-corrected chi connectivity index (χ0v) is 14.5. The summed E-state index contributed by atoms with van der Waals surface area (Å²) in [4.78, 5) is 24.9. The molecule has 0 spiro atoms. The molecule has 152 valence electrons. The van der Waals surface area contributed by atoms with Crippen LogP contribution in [0.3, 0.4) is 0 Å². The van der Waals surface area contributed by atoms with Gasteiger partial charge in [0.05, 0.1) is 16.8 Å². The van der Waals surface area contributed by atoms with Gasteiger partial charge in [-0.05, 0) is 18.2 Å². The summed E-state index contributed by atoms with van der Waals surface area (Å²) in [7, 11) is 0. The summed E-state index contributed by atoms with van der Waals surface area (Å²) < 4.78 is 83.9. The number of ether oxygens (including phenoxy) is 1. The van der Waals surface area contributed by atoms with Crippen molar-refractivity contribution in [3.63, 3.8) is 0 Å². The third-order valence-corrected chi connectivity index (χ3v) is 3.74. The van der Waals surface area contributed by atoms with Gasteiger partial charge in [0, 0.05) is 12.4 Å². The van der Waals surface area contributed by atoms with Crippen LogP contribution in [0.1, 0.15) is 11.3 Å². The zero-order chi connectivity index (χ0) is 21.4. The lowest BCUT2D eigenvalue weighted by molar-refractivity contribution is -0.142. The molecule has 0 radical (unpaired) electrons. The first-order valence-electron chi connectivity index (χ1n) is 7.49. The van der Waals surface area contributed by atoms with E-state index < -0.39 is 51.5 Å². The molecule has 0 fully saturated rings. The van der Waals surface area contributed by atoms with Crippen molar-refractivity contribution in [3.8, 4) is 23.0 Å². The second-order valence-corrected chi connectivity index (χ2v) is 5.83. The van der Waals surface area contributed by atoms with Gasteiger partial charge in [-0.25, -0.2) is 9.97 Å². The summed E-state index contributed by atoms with van der Waals surface area (Å²) in [6.45, 7) is 0. The molecule has 1 aromatic carbocycles. The van der Waals surface area contributed by atoms with E-state index in [-0.39, 0.29) is 5.69 Å². The topological polar surface area (TPSA) is 80.8 Å². The second kappa shape index (κ2) is 7.35. The fraction of sp³-hybridized carbons (Fsp3) is 0.125. The number of rotatable bonds is 3. The number of aromatic nitrogens is 4. The van der Waals surface area contributed by atoms with Gasteiger partial charge >= 0.3 is 12.4 Å². The molecule has 0 atom stereocenters. The first kappa shape index (κ1) is 20.6. The Labute approximate surface area is 162 Å². The van der Waals surface area contributed by atoms with Crippen LogP contribution in [0.25, 0.3) is 11.5 Å². The highest BCUT2D eigenvalue weighted by atomic mass is 35.5. The van der Waals surface area contributed by atoms with Crippen LogP contribution in [-0.4, -0.2) is 19.9 Å². The minimum Gasteiger partial charge on any atom is -0.449 e. The van der Waals surface area contributed by atoms with E-state index in [9.17, 15) is 31.1 Å². The van der Waals surface area contributed by atoms with Crippen molar-refractivity contribution >= 4 is 11.6 Å². The number of alkyl halides is 6. The smallest absolute Gasteiger partial charge is 0.437 e. The molecule has 0 amide bonds. The molecule has 0 saturated heterocycles. The molecule has 29 heavy (non-hydrogen) atoms. The van der Waals surface area contributed by atoms with Crippen molar-refractivity contribution in [2.75, 3.05) is 0 Å². The summed E-state index contributed by atoms with van der Waals surface area (Å²) in [5, 5.41) is -0.689. The highest BCUT2D eigenvalue weighted by Gasteiger charge is 2.39. The van der Waals surface area contributed by atoms with Crippen LogP contribution >= 0.6 is 11.6 Å². The van der Waals surface area contributed by atoms with Crippen molar-refractivity contribution in [1.82, 2.24) is 19.9 Å². The summed E-state index contributed by atoms with van der Waals surface area (Å²) in [6.07, 6.45) is -6.56. The van der Waals surface area contributed by atoms with E-state index >= 15 is 0 Å². The second-order valence-electron chi connectivity index (χ2n) is 5.42. The Balaban J connectivity index is 2.12. The first-order chi connectivity index (χ1) is 13.5. The maximum absolute atomic E-state index is 13.4. The molecule has 3 aromatic rings. The average molecular weight is 437 g/mol. The molecule has 0 aliphatic carbocycles. The number of H-pyrrole nitrogens is 1. The van der Waals surface area contributed by atoms with E-state index in [1.165, 1.54) is 12.4 Å². The number of hydrogen-bond acceptors (Lipinski definition) is 5. The molecular formula is C16H7ClF6N4O2. The van der Waals surface area contributed by atoms with E-state index in [0.29, 0.717) is 6.07 Å². The normalized spacial score (nSPS) is 12.1. The third-order valence-electron chi connectivity index (χ3n) is 3.41. The van der Waals surface area contributed by atoms with Crippen molar-refractivity contribution in [3.05, 3.63) is 63.4 Å². The Morgan fingerprint density at radius 3 is 2.34 bits per heavy atom. The average Bonchev–Trinajstić information content (AvgIpc) is 2.63.